The predicted octanol–water partition coefficient (Wildman–Crippen LogP) is 5.11. The third-order valence-electron chi connectivity index (χ3n) is 8.19. The van der Waals surface area contributed by atoms with Crippen molar-refractivity contribution in [3.63, 3.8) is 0 Å². The van der Waals surface area contributed by atoms with E-state index >= 15 is 0 Å². The fourth-order valence-electron chi connectivity index (χ4n) is 6.45. The first kappa shape index (κ1) is 20.6. The molecule has 1 N–H and O–H groups in total. The largest absolute Gasteiger partial charge is 0.481 e. The van der Waals surface area contributed by atoms with E-state index in [9.17, 15) is 9.90 Å². The summed E-state index contributed by atoms with van der Waals surface area (Å²) in [6, 6.07) is 19.7. The fourth-order valence-corrected chi connectivity index (χ4v) is 6.45. The van der Waals surface area contributed by atoms with Gasteiger partial charge in [0.2, 0.25) is 0 Å². The Bertz CT molecular complexity index is 916. The molecule has 1 saturated carbocycles. The zero-order chi connectivity index (χ0) is 21.4. The van der Waals surface area contributed by atoms with E-state index in [0.29, 0.717) is 6.42 Å². The normalized spacial score (nSPS) is 29.3. The molecule has 0 radical (unpaired) electrons. The Labute approximate surface area is 185 Å². The van der Waals surface area contributed by atoms with Crippen LogP contribution in [0.4, 0.5) is 5.69 Å². The summed E-state index contributed by atoms with van der Waals surface area (Å²) in [4.78, 5) is 17.6. The second-order valence-corrected chi connectivity index (χ2v) is 9.62. The van der Waals surface area contributed by atoms with Gasteiger partial charge in [-0.15, -0.1) is 0 Å². The van der Waals surface area contributed by atoms with E-state index < -0.39 is 11.4 Å². The van der Waals surface area contributed by atoms with Crippen LogP contribution in [0, 0.1) is 5.41 Å². The lowest BCUT2D eigenvalue weighted by Crippen LogP contribution is -2.43. The van der Waals surface area contributed by atoms with Gasteiger partial charge < -0.3 is 14.9 Å². The van der Waals surface area contributed by atoms with Crippen LogP contribution in [-0.4, -0.2) is 48.2 Å². The number of aliphatic carboxylic acids is 1. The highest BCUT2D eigenvalue weighted by molar-refractivity contribution is 5.84. The minimum atomic E-state index is -0.692. The molecule has 31 heavy (non-hydrogen) atoms. The van der Waals surface area contributed by atoms with Gasteiger partial charge in [-0.1, -0.05) is 49.4 Å². The van der Waals surface area contributed by atoms with Gasteiger partial charge in [0, 0.05) is 36.7 Å². The minimum absolute atomic E-state index is 0.0412. The van der Waals surface area contributed by atoms with Crippen molar-refractivity contribution in [2.24, 2.45) is 5.41 Å². The lowest BCUT2D eigenvalue weighted by molar-refractivity contribution is -0.143. The van der Waals surface area contributed by atoms with E-state index in [-0.39, 0.29) is 11.8 Å². The summed E-state index contributed by atoms with van der Waals surface area (Å²) in [6.45, 7) is 6.76. The van der Waals surface area contributed by atoms with Crippen LogP contribution in [0.25, 0.3) is 0 Å². The molecule has 3 aliphatic rings. The van der Waals surface area contributed by atoms with Gasteiger partial charge in [0.05, 0.1) is 5.41 Å². The number of carboxylic acids is 1. The van der Waals surface area contributed by atoms with Gasteiger partial charge in [0.1, 0.15) is 0 Å². The number of hydrogen-bond donors (Lipinski definition) is 1. The number of rotatable bonds is 6. The molecular weight excluding hydrogens is 384 g/mol. The number of carbonyl (C=O) groups is 1. The van der Waals surface area contributed by atoms with Crippen LogP contribution in [0.15, 0.2) is 54.6 Å². The molecule has 164 valence electrons. The summed E-state index contributed by atoms with van der Waals surface area (Å²) in [5, 5.41) is 10.2. The van der Waals surface area contributed by atoms with Crippen molar-refractivity contribution in [2.45, 2.75) is 56.9 Å². The number of hydrogen-bond acceptors (Lipinski definition) is 3. The van der Waals surface area contributed by atoms with E-state index in [1.54, 1.807) is 0 Å². The fraction of sp³-hybridized carbons (Fsp3) is 0.519. The molecular formula is C27H34N2O2. The molecule has 3 atom stereocenters. The van der Waals surface area contributed by atoms with E-state index in [1.165, 1.54) is 50.0 Å². The van der Waals surface area contributed by atoms with Crippen LogP contribution < -0.4 is 4.90 Å². The van der Waals surface area contributed by atoms with Crippen LogP contribution >= 0.6 is 0 Å². The topological polar surface area (TPSA) is 43.8 Å². The van der Waals surface area contributed by atoms with Crippen LogP contribution in [0.1, 0.15) is 62.0 Å². The summed E-state index contributed by atoms with van der Waals surface area (Å²) in [5.74, 6) is -0.572. The average Bonchev–Trinajstić information content (AvgIpc) is 3.21. The van der Waals surface area contributed by atoms with Crippen molar-refractivity contribution in [1.29, 1.82) is 0 Å². The summed E-state index contributed by atoms with van der Waals surface area (Å²) in [5.41, 5.74) is 2.89. The highest BCUT2D eigenvalue weighted by atomic mass is 16.4. The first-order valence-electron chi connectivity index (χ1n) is 12.0. The molecule has 2 aliphatic heterocycles. The lowest BCUT2D eigenvalue weighted by Gasteiger charge is -2.38. The van der Waals surface area contributed by atoms with Gasteiger partial charge in [0.15, 0.2) is 0 Å². The molecule has 0 aromatic heterocycles. The van der Waals surface area contributed by atoms with Crippen LogP contribution in [0.2, 0.25) is 0 Å². The Morgan fingerprint density at radius 1 is 0.935 bits per heavy atom. The van der Waals surface area contributed by atoms with Gasteiger partial charge in [-0.2, -0.15) is 0 Å². The number of benzene rings is 2. The van der Waals surface area contributed by atoms with Crippen molar-refractivity contribution >= 4 is 11.7 Å². The highest BCUT2D eigenvalue weighted by Crippen LogP contribution is 2.72. The standard InChI is InChI=1S/C27H34N2O2/c1-2-27(26(30)31)24(20-9-4-3-5-10-20)25(27)21-11-8-12-23(19-21)29-17-13-22(14-18-29)28-15-6-7-16-28/h3-5,8-12,19,22,24-25H,2,6-7,13-18H2,1H3,(H,30,31)/t24-,25-,27+/m0/s1. The maximum Gasteiger partial charge on any atom is 0.310 e. The summed E-state index contributed by atoms with van der Waals surface area (Å²) >= 11 is 0. The molecule has 0 amide bonds. The molecule has 0 unspecified atom stereocenters. The first-order valence-corrected chi connectivity index (χ1v) is 12.0. The van der Waals surface area contributed by atoms with Crippen molar-refractivity contribution in [3.05, 3.63) is 65.7 Å². The molecule has 2 aromatic carbocycles. The Kier molecular flexibility index (Phi) is 5.51. The molecule has 0 spiro atoms. The Morgan fingerprint density at radius 2 is 1.58 bits per heavy atom. The van der Waals surface area contributed by atoms with Crippen LogP contribution in [0.5, 0.6) is 0 Å². The molecule has 2 saturated heterocycles. The summed E-state index contributed by atoms with van der Waals surface area (Å²) in [6.07, 6.45) is 5.82. The average molecular weight is 419 g/mol. The monoisotopic (exact) mass is 418 g/mol. The molecule has 0 bridgehead atoms. The lowest BCUT2D eigenvalue weighted by atomic mass is 9.94. The maximum atomic E-state index is 12.4. The molecule has 1 aliphatic carbocycles. The van der Waals surface area contributed by atoms with E-state index in [1.807, 2.05) is 25.1 Å². The SMILES string of the molecule is CC[C@@]1(C(=O)O)[C@@H](c2ccccc2)[C@@H]1c1cccc(N2CCC(N3CCCC3)CC2)c1. The third-order valence-corrected chi connectivity index (χ3v) is 8.19. The van der Waals surface area contributed by atoms with E-state index in [4.69, 9.17) is 0 Å². The first-order chi connectivity index (χ1) is 15.1. The molecule has 4 heteroatoms. The smallest absolute Gasteiger partial charge is 0.310 e. The van der Waals surface area contributed by atoms with E-state index in [0.717, 1.165) is 24.7 Å². The second kappa shape index (κ2) is 8.31. The minimum Gasteiger partial charge on any atom is -0.481 e. The highest BCUT2D eigenvalue weighted by Gasteiger charge is 2.69. The number of carboxylic acid groups (broad SMARTS) is 1. The molecule has 3 fully saturated rings. The number of nitrogens with zero attached hydrogens (tertiary/aromatic N) is 2. The molecule has 5 rings (SSSR count). The van der Waals surface area contributed by atoms with Crippen molar-refractivity contribution in [2.75, 3.05) is 31.1 Å². The van der Waals surface area contributed by atoms with E-state index in [2.05, 4.69) is 46.2 Å². The van der Waals surface area contributed by atoms with Gasteiger partial charge in [-0.25, -0.2) is 0 Å². The van der Waals surface area contributed by atoms with Crippen molar-refractivity contribution in [1.82, 2.24) is 4.90 Å². The second-order valence-electron chi connectivity index (χ2n) is 9.62. The number of anilines is 1. The van der Waals surface area contributed by atoms with Crippen molar-refractivity contribution < 1.29 is 9.90 Å². The predicted molar refractivity (Wildman–Crippen MR) is 125 cm³/mol. The summed E-state index contributed by atoms with van der Waals surface area (Å²) in [7, 11) is 0. The Balaban J connectivity index is 1.36. The van der Waals surface area contributed by atoms with Gasteiger partial charge >= 0.3 is 5.97 Å². The van der Waals surface area contributed by atoms with Crippen molar-refractivity contribution in [3.8, 4) is 0 Å². The third kappa shape index (κ3) is 3.55. The van der Waals surface area contributed by atoms with Gasteiger partial charge in [-0.3, -0.25) is 4.79 Å². The molecule has 2 heterocycles. The zero-order valence-electron chi connectivity index (χ0n) is 18.5. The summed E-state index contributed by atoms with van der Waals surface area (Å²) < 4.78 is 0. The molecule has 2 aromatic rings. The van der Waals surface area contributed by atoms with Gasteiger partial charge in [-0.05, 0) is 68.5 Å². The van der Waals surface area contributed by atoms with Gasteiger partial charge in [0.25, 0.3) is 0 Å². The Morgan fingerprint density at radius 3 is 2.23 bits per heavy atom. The van der Waals surface area contributed by atoms with Crippen LogP contribution in [-0.2, 0) is 4.79 Å². The Hall–Kier alpha value is -2.33. The molecule has 4 nitrogen and oxygen atoms in total. The quantitative estimate of drug-likeness (QED) is 0.708. The maximum absolute atomic E-state index is 12.4. The van der Waals surface area contributed by atoms with Crippen LogP contribution in [0.3, 0.4) is 0 Å². The number of likely N-dealkylation sites (tertiary alicyclic amines) is 1. The number of piperidine rings is 1. The zero-order valence-corrected chi connectivity index (χ0v) is 18.5.